The number of nitrogens with one attached hydrogen (secondary N) is 8. The number of hydrogen-bond donors (Lipinski definition) is 8. The molecule has 0 atom stereocenters. The summed E-state index contributed by atoms with van der Waals surface area (Å²) >= 11 is 6.11. The molecule has 17 heteroatoms. The summed E-state index contributed by atoms with van der Waals surface area (Å²) in [5.74, 6) is 2.86. The summed E-state index contributed by atoms with van der Waals surface area (Å²) in [4.78, 5) is 58.5. The summed E-state index contributed by atoms with van der Waals surface area (Å²) in [5, 5.41) is 13.6. The van der Waals surface area contributed by atoms with Gasteiger partial charge < -0.3 is 64.4 Å². The van der Waals surface area contributed by atoms with E-state index in [4.69, 9.17) is 30.5 Å². The van der Waals surface area contributed by atoms with Crippen LogP contribution in [-0.4, -0.2) is 114 Å². The number of fused-ring (bicyclic) bond motifs is 6. The van der Waals surface area contributed by atoms with E-state index in [1.165, 1.54) is 77.1 Å². The molecule has 0 spiro atoms. The van der Waals surface area contributed by atoms with Crippen LogP contribution in [0.2, 0.25) is 5.02 Å². The second-order valence-corrected chi connectivity index (χ2v) is 40.6. The fraction of sp³-hybridized carbons (Fsp3) is 0.336. The van der Waals surface area contributed by atoms with Crippen molar-refractivity contribution >= 4 is 94.8 Å². The van der Waals surface area contributed by atoms with Crippen LogP contribution in [0.25, 0.3) is 110 Å². The first-order valence-corrected chi connectivity index (χ1v) is 45.6. The minimum atomic E-state index is -0.245. The van der Waals surface area contributed by atoms with Crippen molar-refractivity contribution in [1.82, 2.24) is 45.4 Å². The molecule has 0 saturated carbocycles. The number of amides is 2. The van der Waals surface area contributed by atoms with Crippen LogP contribution >= 0.6 is 11.6 Å². The lowest BCUT2D eigenvalue weighted by Gasteiger charge is -2.24. The lowest BCUT2D eigenvalue weighted by atomic mass is 9.81. The van der Waals surface area contributed by atoms with Crippen molar-refractivity contribution in [2.75, 3.05) is 61.2 Å². The van der Waals surface area contributed by atoms with Crippen molar-refractivity contribution in [1.29, 1.82) is 0 Å². The van der Waals surface area contributed by atoms with Crippen molar-refractivity contribution in [2.24, 2.45) is 5.92 Å². The van der Waals surface area contributed by atoms with Crippen LogP contribution in [0.5, 0.6) is 17.2 Å². The highest BCUT2D eigenvalue weighted by molar-refractivity contribution is 6.30. The molecule has 0 saturated heterocycles. The number of nitrogens with zero attached hydrogens (tertiary/aromatic N) is 1. The van der Waals surface area contributed by atoms with Crippen LogP contribution in [0.3, 0.4) is 0 Å². The highest BCUT2D eigenvalue weighted by atomic mass is 35.5. The van der Waals surface area contributed by atoms with E-state index in [9.17, 15) is 14.4 Å². The Balaban J connectivity index is 0.000000151. The van der Waals surface area contributed by atoms with E-state index in [1.807, 2.05) is 162 Å². The Morgan fingerprint density at radius 3 is 1.08 bits per heavy atom. The molecule has 8 N–H and O–H groups in total. The van der Waals surface area contributed by atoms with Gasteiger partial charge in [-0.05, 0) is 301 Å². The summed E-state index contributed by atoms with van der Waals surface area (Å²) in [6, 6.07) is 68.6. The Kier molecular flexibility index (Phi) is 31.3. The fourth-order valence-corrected chi connectivity index (χ4v) is 16.4. The van der Waals surface area contributed by atoms with E-state index in [0.29, 0.717) is 48.4 Å². The standard InChI is InChI=1S/C23H29N3O.C20H23NO.C19H20ClNO.C19H21NO.C17H24N2O.C15H19NO2/c1-23(2,3)20-15-21-18(10-11-24-21)14-19(20)16-6-8-17(9-7-16)22(27)25-12-13-26(4)5;1-5-22-19-9-7-6-8-15(19)16-12-14-10-11-21-18(14)13-17(16)20(2,3)4;1-19(2,3)16-11-17-12(7-8-21-17)9-15(16)14-6-5-13(20)10-18(14)22-4;1-19(2,3)16-12-17-13(9-10-20-17)11-15(16)14-7-5-6-8-18(14)21-4;1-11(2)10-19-16(20)13-8-12-6-7-18-15(12)9-14(13)17(3,4)5;1-5-18-14(17)11-8-10-6-7-16-13(10)9-12(11)15(2,3)4/h6-11,14-15,24H,12-13H2,1-5H3,(H,25,27);6-13,21H,5H2,1-4H3;5-11,21H,1-4H3;5-12,20H,1-4H3;6-9,11,18H,10H2,1-5H3,(H,19,20);6-9,16H,5H2,1-4H3. The zero-order chi connectivity index (χ0) is 94.5. The lowest BCUT2D eigenvalue weighted by molar-refractivity contribution is 0.0523. The molecule has 682 valence electrons. The molecule has 0 fully saturated rings. The summed E-state index contributed by atoms with van der Waals surface area (Å²) in [6.07, 6.45) is 11.7. The number of ether oxygens (including phenoxy) is 4. The first-order valence-electron chi connectivity index (χ1n) is 45.3. The lowest BCUT2D eigenvalue weighted by Crippen LogP contribution is -2.31. The molecule has 10 aromatic carbocycles. The molecule has 6 heterocycles. The average molecular weight is 1770 g/mol. The third-order valence-corrected chi connectivity index (χ3v) is 23.3. The van der Waals surface area contributed by atoms with Gasteiger partial charge in [-0.25, -0.2) is 4.79 Å². The van der Waals surface area contributed by atoms with Gasteiger partial charge >= 0.3 is 5.97 Å². The second kappa shape index (κ2) is 41.5. The molecule has 130 heavy (non-hydrogen) atoms. The number of hydrogen-bond acceptors (Lipinski definition) is 8. The van der Waals surface area contributed by atoms with Crippen molar-refractivity contribution in [3.63, 3.8) is 0 Å². The van der Waals surface area contributed by atoms with Gasteiger partial charge in [-0.1, -0.05) is 199 Å². The first-order chi connectivity index (χ1) is 61.4. The third kappa shape index (κ3) is 24.3. The highest BCUT2D eigenvalue weighted by Crippen LogP contribution is 2.45. The van der Waals surface area contributed by atoms with E-state index < -0.39 is 0 Å². The maximum Gasteiger partial charge on any atom is 0.338 e. The number of esters is 1. The molecule has 16 nitrogen and oxygen atoms in total. The van der Waals surface area contributed by atoms with Gasteiger partial charge in [0, 0.05) is 134 Å². The predicted molar refractivity (Wildman–Crippen MR) is 547 cm³/mol. The molecule has 0 radical (unpaired) electrons. The molecule has 0 bridgehead atoms. The van der Waals surface area contributed by atoms with Gasteiger partial charge in [0.15, 0.2) is 0 Å². The number of benzene rings is 10. The number of H-pyrrole nitrogens is 6. The molecular formula is C113H136ClN9O7. The smallest absolute Gasteiger partial charge is 0.338 e. The molecule has 0 aliphatic rings. The SMILES string of the molecule is CC(C)CNC(=O)c1cc2cc[nH]c2cc1C(C)(C)C.CCOC(=O)c1cc2cc[nH]c2cc1C(C)(C)C.CCOc1ccccc1-c1cc2cc[nH]c2cc1C(C)(C)C.CN(C)CCNC(=O)c1ccc(-c2cc3cc[nH]c3cc2C(C)(C)C)cc1.COc1cc(Cl)ccc1-c1cc2cc[nH]c2cc1C(C)(C)C.COc1ccccc1-c1cc2cc[nH]c2cc1C(C)(C)C. The van der Waals surface area contributed by atoms with Gasteiger partial charge in [-0.15, -0.1) is 0 Å². The van der Waals surface area contributed by atoms with E-state index in [1.54, 1.807) is 14.2 Å². The number of carbonyl (C=O) groups excluding carboxylic acids is 3. The van der Waals surface area contributed by atoms with Crippen LogP contribution in [-0.2, 0) is 37.2 Å². The Morgan fingerprint density at radius 1 is 0.362 bits per heavy atom. The predicted octanol–water partition coefficient (Wildman–Crippen LogP) is 28.4. The number of rotatable bonds is 17. The summed E-state index contributed by atoms with van der Waals surface area (Å²) in [7, 11) is 7.40. The van der Waals surface area contributed by atoms with Crippen molar-refractivity contribution < 1.29 is 33.3 Å². The highest BCUT2D eigenvalue weighted by Gasteiger charge is 2.29. The third-order valence-electron chi connectivity index (χ3n) is 23.0. The summed E-state index contributed by atoms with van der Waals surface area (Å²) in [5.41, 5.74) is 25.7. The summed E-state index contributed by atoms with van der Waals surface area (Å²) < 4.78 is 22.1. The number of aromatic nitrogens is 6. The Labute approximate surface area is 774 Å². The van der Waals surface area contributed by atoms with Crippen molar-refractivity contribution in [2.45, 2.75) is 185 Å². The molecule has 2 amide bonds. The number of carbonyl (C=O) groups is 3. The normalized spacial score (nSPS) is 11.9. The van der Waals surface area contributed by atoms with Crippen LogP contribution < -0.4 is 24.8 Å². The van der Waals surface area contributed by atoms with Gasteiger partial charge in [0.05, 0.1) is 33.0 Å². The largest absolute Gasteiger partial charge is 0.496 e. The van der Waals surface area contributed by atoms with Gasteiger partial charge in [0.2, 0.25) is 0 Å². The number of para-hydroxylation sites is 2. The van der Waals surface area contributed by atoms with E-state index in [-0.39, 0.29) is 50.3 Å². The first kappa shape index (κ1) is 98.1. The second-order valence-electron chi connectivity index (χ2n) is 40.2. The zero-order valence-corrected chi connectivity index (χ0v) is 82.1. The fourth-order valence-electron chi connectivity index (χ4n) is 16.2. The number of halogens is 1. The number of likely N-dealkylation sites (N-methyl/N-ethyl adjacent to an activating group) is 1. The Morgan fingerprint density at radius 2 is 0.708 bits per heavy atom. The zero-order valence-electron chi connectivity index (χ0n) is 81.3. The van der Waals surface area contributed by atoms with Gasteiger partial charge in [0.1, 0.15) is 17.2 Å². The van der Waals surface area contributed by atoms with Crippen LogP contribution in [0.15, 0.2) is 237 Å². The minimum absolute atomic E-state index is 0.0201. The molecule has 16 rings (SSSR count). The van der Waals surface area contributed by atoms with E-state index in [0.717, 1.165) is 95.6 Å². The topological polar surface area (TPSA) is 210 Å². The minimum Gasteiger partial charge on any atom is -0.496 e. The molecule has 16 aromatic rings. The van der Waals surface area contributed by atoms with Crippen molar-refractivity contribution in [3.05, 3.63) is 292 Å². The van der Waals surface area contributed by atoms with Gasteiger partial charge in [-0.3, -0.25) is 9.59 Å². The Hall–Kier alpha value is -12.5. The molecule has 0 aliphatic heterocycles. The monoisotopic (exact) mass is 1770 g/mol. The molecule has 0 aliphatic carbocycles. The van der Waals surface area contributed by atoms with Gasteiger partial charge in [0.25, 0.3) is 11.8 Å². The average Bonchev–Trinajstić information content (AvgIpc) is 1.26. The van der Waals surface area contributed by atoms with Crippen LogP contribution in [0.1, 0.15) is 217 Å². The number of aromatic amines is 6. The maximum absolute atomic E-state index is 12.5. The summed E-state index contributed by atoms with van der Waals surface area (Å²) in [6.45, 7) is 50.8. The maximum atomic E-state index is 12.5. The quantitative estimate of drug-likeness (QED) is 0.0410. The van der Waals surface area contributed by atoms with Gasteiger partial charge in [-0.2, -0.15) is 0 Å². The number of methoxy groups -OCH3 is 2. The van der Waals surface area contributed by atoms with Crippen LogP contribution in [0.4, 0.5) is 0 Å². The molecule has 0 unspecified atom stereocenters. The van der Waals surface area contributed by atoms with E-state index >= 15 is 0 Å². The van der Waals surface area contributed by atoms with Crippen LogP contribution in [0, 0.1) is 5.92 Å². The van der Waals surface area contributed by atoms with Crippen molar-refractivity contribution in [3.8, 4) is 61.8 Å². The Bertz CT molecular complexity index is 6560. The molecule has 6 aromatic heterocycles. The van der Waals surface area contributed by atoms with E-state index in [2.05, 4.69) is 287 Å². The molecular weight excluding hydrogens is 1630 g/mol.